The minimum Gasteiger partial charge on any atom is -0.373 e. The van der Waals surface area contributed by atoms with Crippen molar-refractivity contribution in [3.8, 4) is 11.3 Å². The van der Waals surface area contributed by atoms with Crippen LogP contribution in [0.25, 0.3) is 16.9 Å². The number of hydrogen-bond donors (Lipinski definition) is 2. The molecule has 3 aromatic heterocycles. The second kappa shape index (κ2) is 13.5. The summed E-state index contributed by atoms with van der Waals surface area (Å²) in [6.45, 7) is 4.73. The summed E-state index contributed by atoms with van der Waals surface area (Å²) in [6.07, 6.45) is 6.08. The van der Waals surface area contributed by atoms with Crippen LogP contribution in [0, 0.1) is 11.6 Å². The van der Waals surface area contributed by atoms with Gasteiger partial charge in [0, 0.05) is 69.2 Å². The number of piperazine rings is 1. The van der Waals surface area contributed by atoms with Gasteiger partial charge in [-0.3, -0.25) is 19.8 Å². The molecule has 2 aromatic carbocycles. The van der Waals surface area contributed by atoms with Crippen LogP contribution in [0.4, 0.5) is 26.1 Å². The summed E-state index contributed by atoms with van der Waals surface area (Å²) in [5.74, 6) is -0.0356. The van der Waals surface area contributed by atoms with Gasteiger partial charge in [-0.25, -0.2) is 23.3 Å². The van der Waals surface area contributed by atoms with Crippen molar-refractivity contribution in [2.75, 3.05) is 47.8 Å². The van der Waals surface area contributed by atoms with Gasteiger partial charge in [-0.15, -0.1) is 0 Å². The number of piperidine rings is 1. The molecule has 3 fully saturated rings. The number of aromatic nitrogens is 4. The van der Waals surface area contributed by atoms with E-state index in [4.69, 9.17) is 9.97 Å². The maximum Gasteiger partial charge on any atom is 0.249 e. The van der Waals surface area contributed by atoms with Crippen LogP contribution in [0.3, 0.4) is 0 Å². The van der Waals surface area contributed by atoms with E-state index in [1.807, 2.05) is 48.7 Å². The molecule has 5 aromatic rings. The van der Waals surface area contributed by atoms with E-state index in [9.17, 15) is 18.4 Å². The third-order valence-electron chi connectivity index (χ3n) is 9.91. The fraction of sp³-hybridized carbons (Fsp3) is 0.324. The van der Waals surface area contributed by atoms with Gasteiger partial charge in [-0.2, -0.15) is 5.10 Å². The van der Waals surface area contributed by atoms with Gasteiger partial charge in [0.05, 0.1) is 23.5 Å². The van der Waals surface area contributed by atoms with E-state index < -0.39 is 17.7 Å². The smallest absolute Gasteiger partial charge is 0.249 e. The average Bonchev–Trinajstić information content (AvgIpc) is 3.78. The van der Waals surface area contributed by atoms with E-state index in [2.05, 4.69) is 36.5 Å². The number of para-hydroxylation sites is 1. The summed E-state index contributed by atoms with van der Waals surface area (Å²) in [6, 6.07) is 19.0. The van der Waals surface area contributed by atoms with Crippen LogP contribution in [0.1, 0.15) is 42.9 Å². The second-order valence-electron chi connectivity index (χ2n) is 13.1. The lowest BCUT2D eigenvalue weighted by atomic mass is 10.0. The lowest BCUT2D eigenvalue weighted by molar-refractivity contribution is -0.133. The lowest BCUT2D eigenvalue weighted by Gasteiger charge is -2.36. The van der Waals surface area contributed by atoms with Crippen molar-refractivity contribution in [2.24, 2.45) is 0 Å². The van der Waals surface area contributed by atoms with E-state index in [0.717, 1.165) is 86.5 Å². The van der Waals surface area contributed by atoms with Crippen molar-refractivity contribution in [3.05, 3.63) is 102 Å². The maximum absolute atomic E-state index is 14.8. The molecule has 0 bridgehead atoms. The van der Waals surface area contributed by atoms with E-state index in [1.165, 1.54) is 12.1 Å². The number of nitrogens with zero attached hydrogens (tertiary/aromatic N) is 7. The number of amides is 2. The normalized spacial score (nSPS) is 20.0. The quantitative estimate of drug-likeness (QED) is 0.221. The molecular formula is C37H37F2N9O2. The number of anilines is 3. The van der Waals surface area contributed by atoms with Crippen LogP contribution in [0.2, 0.25) is 0 Å². The number of rotatable bonds is 8. The van der Waals surface area contributed by atoms with Gasteiger partial charge in [-0.1, -0.05) is 30.3 Å². The number of halogens is 2. The predicted molar refractivity (Wildman–Crippen MR) is 186 cm³/mol. The van der Waals surface area contributed by atoms with Crippen LogP contribution in [-0.2, 0) is 16.1 Å². The Hall–Kier alpha value is -5.43. The fourth-order valence-corrected chi connectivity index (χ4v) is 7.28. The number of carbonyl (C=O) groups is 2. The first-order valence-electron chi connectivity index (χ1n) is 17.1. The van der Waals surface area contributed by atoms with Crippen LogP contribution in [-0.4, -0.2) is 75.1 Å². The van der Waals surface area contributed by atoms with Gasteiger partial charge in [0.2, 0.25) is 11.8 Å². The Morgan fingerprint density at radius 3 is 2.58 bits per heavy atom. The molecule has 2 amide bonds. The van der Waals surface area contributed by atoms with Crippen molar-refractivity contribution in [1.29, 1.82) is 0 Å². The van der Waals surface area contributed by atoms with Crippen LogP contribution in [0.15, 0.2) is 79.1 Å². The molecule has 0 saturated carbocycles. The number of benzene rings is 2. The van der Waals surface area contributed by atoms with Gasteiger partial charge in [-0.05, 0) is 55.2 Å². The molecule has 50 heavy (non-hydrogen) atoms. The van der Waals surface area contributed by atoms with Gasteiger partial charge in [0.15, 0.2) is 5.65 Å². The van der Waals surface area contributed by atoms with Gasteiger partial charge in [0.25, 0.3) is 0 Å². The van der Waals surface area contributed by atoms with Crippen LogP contribution < -0.4 is 20.4 Å². The molecule has 0 radical (unpaired) electrons. The number of hydrogen-bond acceptors (Lipinski definition) is 9. The molecule has 0 spiro atoms. The highest BCUT2D eigenvalue weighted by molar-refractivity contribution is 6.01. The first kappa shape index (κ1) is 31.8. The van der Waals surface area contributed by atoms with E-state index in [0.29, 0.717) is 29.9 Å². The van der Waals surface area contributed by atoms with E-state index >= 15 is 0 Å². The third kappa shape index (κ3) is 6.36. The summed E-state index contributed by atoms with van der Waals surface area (Å²) >= 11 is 0. The van der Waals surface area contributed by atoms with E-state index in [-0.39, 0.29) is 17.9 Å². The molecule has 0 aliphatic carbocycles. The zero-order chi connectivity index (χ0) is 34.2. The second-order valence-corrected chi connectivity index (χ2v) is 13.1. The molecule has 11 nitrogen and oxygen atoms in total. The topological polar surface area (TPSA) is 111 Å². The Balaban J connectivity index is 0.955. The Bertz CT molecular complexity index is 2060. The Kier molecular flexibility index (Phi) is 8.57. The third-order valence-corrected chi connectivity index (χ3v) is 9.91. The predicted octanol–water partition coefficient (Wildman–Crippen LogP) is 4.95. The molecule has 8 rings (SSSR count). The number of imide groups is 1. The maximum atomic E-state index is 14.8. The minimum atomic E-state index is -0.585. The Morgan fingerprint density at radius 2 is 1.74 bits per heavy atom. The molecule has 3 aliphatic heterocycles. The minimum absolute atomic E-state index is 0.224. The van der Waals surface area contributed by atoms with Crippen molar-refractivity contribution in [2.45, 2.75) is 44.3 Å². The molecule has 3 aliphatic rings. The van der Waals surface area contributed by atoms with Crippen molar-refractivity contribution < 1.29 is 18.4 Å². The van der Waals surface area contributed by atoms with Gasteiger partial charge >= 0.3 is 0 Å². The van der Waals surface area contributed by atoms with Gasteiger partial charge < -0.3 is 15.1 Å². The van der Waals surface area contributed by atoms with Gasteiger partial charge in [0.1, 0.15) is 29.3 Å². The molecule has 2 N–H and O–H groups in total. The molecule has 2 atom stereocenters. The Labute approximate surface area is 287 Å². The first-order chi connectivity index (χ1) is 24.4. The molecule has 3 saturated heterocycles. The van der Waals surface area contributed by atoms with Crippen molar-refractivity contribution in [3.63, 3.8) is 0 Å². The largest absolute Gasteiger partial charge is 0.373 e. The molecule has 6 heterocycles. The van der Waals surface area contributed by atoms with Crippen LogP contribution in [0.5, 0.6) is 0 Å². The number of fused-ring (bicyclic) bond motifs is 1. The highest BCUT2D eigenvalue weighted by Gasteiger charge is 2.30. The highest BCUT2D eigenvalue weighted by atomic mass is 19.1. The number of pyridine rings is 1. The van der Waals surface area contributed by atoms with E-state index in [1.54, 1.807) is 10.7 Å². The summed E-state index contributed by atoms with van der Waals surface area (Å²) < 4.78 is 30.1. The molecular weight excluding hydrogens is 640 g/mol. The lowest BCUT2D eigenvalue weighted by Crippen LogP contribution is -2.48. The van der Waals surface area contributed by atoms with Crippen molar-refractivity contribution in [1.82, 2.24) is 29.8 Å². The number of nitrogens with one attached hydrogen (secondary N) is 2. The highest BCUT2D eigenvalue weighted by Crippen LogP contribution is 2.37. The standard InChI is InChI=1S/C37H37F2N9O2/c38-25-10-11-26(28(39)21-25)32-8-4-15-47(32)34-14-16-48-36(43-34)27(22-40-48)30-7-3-9-33(42-30)46-19-17-45(18-20-46)23-24-5-1-2-6-29(24)41-31-12-13-35(49)44-37(31)50/h1-3,5-7,9-11,14,16,21-22,31-32,41H,4,8,12-13,15,17-20,23H2,(H,44,49,50)/t31?,32-/m1/s1. The first-order valence-corrected chi connectivity index (χ1v) is 17.1. The zero-order valence-corrected chi connectivity index (χ0v) is 27.4. The Morgan fingerprint density at radius 1 is 0.880 bits per heavy atom. The molecule has 256 valence electrons. The molecule has 13 heteroatoms. The summed E-state index contributed by atoms with van der Waals surface area (Å²) in [5, 5.41) is 10.3. The summed E-state index contributed by atoms with van der Waals surface area (Å²) in [5.41, 5.74) is 4.71. The monoisotopic (exact) mass is 677 g/mol. The summed E-state index contributed by atoms with van der Waals surface area (Å²) in [7, 11) is 0. The molecule has 1 unspecified atom stereocenters. The SMILES string of the molecule is O=C1CCC(Nc2ccccc2CN2CCN(c3cccc(-c4cnn5ccc(N6CCC[C@@H]6c6ccc(F)cc6F)nc45)n3)CC2)C(=O)N1. The summed E-state index contributed by atoms with van der Waals surface area (Å²) in [4.78, 5) is 40.7. The zero-order valence-electron chi connectivity index (χ0n) is 27.4. The number of carbonyl (C=O) groups excluding carboxylic acids is 2. The van der Waals surface area contributed by atoms with Crippen molar-refractivity contribution >= 4 is 34.8 Å². The fourth-order valence-electron chi connectivity index (χ4n) is 7.28. The average molecular weight is 678 g/mol. The van der Waals surface area contributed by atoms with Crippen LogP contribution >= 0.6 is 0 Å².